The van der Waals surface area contributed by atoms with Gasteiger partial charge in [0.05, 0.1) is 5.69 Å². The second kappa shape index (κ2) is 3.01. The van der Waals surface area contributed by atoms with Crippen molar-refractivity contribution in [3.63, 3.8) is 0 Å². The van der Waals surface area contributed by atoms with E-state index in [1.807, 2.05) is 6.07 Å². The van der Waals surface area contributed by atoms with Crippen molar-refractivity contribution in [2.24, 2.45) is 0 Å². The Morgan fingerprint density at radius 3 is 3.00 bits per heavy atom. The molecule has 0 aromatic carbocycles. The molecule has 0 saturated carbocycles. The molecule has 0 saturated heterocycles. The largest absolute Gasteiger partial charge is 0.368 e. The van der Waals surface area contributed by atoms with Crippen LogP contribution in [0.2, 0.25) is 0 Å². The lowest BCUT2D eigenvalue weighted by atomic mass is 9.92. The Morgan fingerprint density at radius 1 is 1.50 bits per heavy atom. The van der Waals surface area contributed by atoms with Crippen LogP contribution in [0.15, 0.2) is 22.7 Å². The topological polar surface area (TPSA) is 52.0 Å². The smallest absolute Gasteiger partial charge is 0.222 e. The molecule has 0 aliphatic heterocycles. The molecule has 1 aromatic rings. The van der Waals surface area contributed by atoms with Gasteiger partial charge in [0.2, 0.25) is 5.88 Å². The summed E-state index contributed by atoms with van der Waals surface area (Å²) in [5, 5.41) is 3.91. The third-order valence-corrected chi connectivity index (χ3v) is 2.23. The highest BCUT2D eigenvalue weighted by atomic mass is 16.5. The maximum atomic E-state index is 5.44. The Morgan fingerprint density at radius 2 is 2.42 bits per heavy atom. The summed E-state index contributed by atoms with van der Waals surface area (Å²) in [5.41, 5.74) is 6.44. The van der Waals surface area contributed by atoms with Crippen LogP contribution in [0, 0.1) is 0 Å². The van der Waals surface area contributed by atoms with Gasteiger partial charge < -0.3 is 10.3 Å². The Kier molecular flexibility index (Phi) is 1.86. The number of nitrogens with zero attached hydrogens (tertiary/aromatic N) is 1. The summed E-state index contributed by atoms with van der Waals surface area (Å²) in [6, 6.07) is 1.82. The van der Waals surface area contributed by atoms with E-state index in [0.29, 0.717) is 11.8 Å². The Labute approximate surface area is 71.2 Å². The number of allylic oxidation sites excluding steroid dienone is 2. The fourth-order valence-electron chi connectivity index (χ4n) is 1.56. The minimum Gasteiger partial charge on any atom is -0.368 e. The molecular weight excluding hydrogens is 152 g/mol. The predicted molar refractivity (Wildman–Crippen MR) is 46.6 cm³/mol. The first-order chi connectivity index (χ1) is 5.86. The number of hydrogen-bond acceptors (Lipinski definition) is 3. The molecule has 64 valence electrons. The van der Waals surface area contributed by atoms with Gasteiger partial charge in [-0.2, -0.15) is 0 Å². The van der Waals surface area contributed by atoms with E-state index in [1.165, 1.54) is 0 Å². The first-order valence-corrected chi connectivity index (χ1v) is 4.23. The number of aromatic nitrogens is 1. The molecule has 3 nitrogen and oxygen atoms in total. The average molecular weight is 164 g/mol. The van der Waals surface area contributed by atoms with E-state index < -0.39 is 0 Å². The van der Waals surface area contributed by atoms with Gasteiger partial charge in [-0.1, -0.05) is 17.3 Å². The number of rotatable bonds is 1. The first-order valence-electron chi connectivity index (χ1n) is 4.23. The third-order valence-electron chi connectivity index (χ3n) is 2.23. The lowest BCUT2D eigenvalue weighted by Gasteiger charge is -2.13. The van der Waals surface area contributed by atoms with Crippen molar-refractivity contribution in [2.75, 3.05) is 5.73 Å². The molecule has 0 radical (unpaired) electrons. The van der Waals surface area contributed by atoms with Gasteiger partial charge in [0, 0.05) is 12.0 Å². The molecule has 2 rings (SSSR count). The molecule has 1 atom stereocenters. The van der Waals surface area contributed by atoms with Crippen LogP contribution in [0.4, 0.5) is 5.88 Å². The lowest BCUT2D eigenvalue weighted by molar-refractivity contribution is 0.415. The van der Waals surface area contributed by atoms with Gasteiger partial charge >= 0.3 is 0 Å². The first kappa shape index (κ1) is 7.40. The van der Waals surface area contributed by atoms with Crippen LogP contribution in [0.25, 0.3) is 0 Å². The number of nitrogen functional groups attached to an aromatic ring is 1. The number of nitrogens with two attached hydrogens (primary N) is 1. The summed E-state index contributed by atoms with van der Waals surface area (Å²) in [7, 11) is 0. The van der Waals surface area contributed by atoms with Gasteiger partial charge in [0.15, 0.2) is 0 Å². The summed E-state index contributed by atoms with van der Waals surface area (Å²) in [6.07, 6.45) is 7.75. The molecule has 1 unspecified atom stereocenters. The van der Waals surface area contributed by atoms with E-state index in [1.54, 1.807) is 0 Å². The van der Waals surface area contributed by atoms with E-state index in [2.05, 4.69) is 17.3 Å². The van der Waals surface area contributed by atoms with Crippen molar-refractivity contribution in [1.29, 1.82) is 0 Å². The van der Waals surface area contributed by atoms with Crippen molar-refractivity contribution >= 4 is 5.88 Å². The highest BCUT2D eigenvalue weighted by Crippen LogP contribution is 2.28. The maximum Gasteiger partial charge on any atom is 0.222 e. The minimum atomic E-state index is 0.416. The summed E-state index contributed by atoms with van der Waals surface area (Å²) >= 11 is 0. The lowest BCUT2D eigenvalue weighted by Crippen LogP contribution is -2.00. The number of anilines is 1. The predicted octanol–water partition coefficient (Wildman–Crippen LogP) is 2.08. The standard InChI is InChI=1S/C9H12N2O/c10-9-6-8(11-12-9)7-4-2-1-3-5-7/h1-2,6-7H,3-5,10H2. The second-order valence-corrected chi connectivity index (χ2v) is 3.14. The van der Waals surface area contributed by atoms with Gasteiger partial charge in [0.1, 0.15) is 0 Å². The zero-order chi connectivity index (χ0) is 8.39. The van der Waals surface area contributed by atoms with Crippen LogP contribution in [0.5, 0.6) is 0 Å². The van der Waals surface area contributed by atoms with Crippen LogP contribution in [0.1, 0.15) is 30.9 Å². The average Bonchev–Trinajstić information content (AvgIpc) is 2.54. The van der Waals surface area contributed by atoms with E-state index in [4.69, 9.17) is 10.3 Å². The molecule has 1 heterocycles. The number of hydrogen-bond donors (Lipinski definition) is 1. The van der Waals surface area contributed by atoms with Crippen LogP contribution < -0.4 is 5.73 Å². The molecule has 0 bridgehead atoms. The highest BCUT2D eigenvalue weighted by Gasteiger charge is 2.15. The molecule has 12 heavy (non-hydrogen) atoms. The summed E-state index contributed by atoms with van der Waals surface area (Å²) in [4.78, 5) is 0. The molecule has 0 amide bonds. The van der Waals surface area contributed by atoms with Crippen molar-refractivity contribution < 1.29 is 4.52 Å². The molecule has 3 heteroatoms. The Hall–Kier alpha value is -1.25. The van der Waals surface area contributed by atoms with Gasteiger partial charge in [-0.25, -0.2) is 0 Å². The fourth-order valence-corrected chi connectivity index (χ4v) is 1.56. The fraction of sp³-hybridized carbons (Fsp3) is 0.444. The van der Waals surface area contributed by atoms with Gasteiger partial charge in [-0.3, -0.25) is 0 Å². The van der Waals surface area contributed by atoms with Crippen LogP contribution >= 0.6 is 0 Å². The molecule has 1 aromatic heterocycles. The Bertz CT molecular complexity index is 290. The monoisotopic (exact) mass is 164 g/mol. The van der Waals surface area contributed by atoms with Crippen molar-refractivity contribution in [1.82, 2.24) is 5.16 Å². The Balaban J connectivity index is 2.14. The summed E-state index contributed by atoms with van der Waals surface area (Å²) in [6.45, 7) is 0. The zero-order valence-electron chi connectivity index (χ0n) is 6.86. The van der Waals surface area contributed by atoms with Crippen molar-refractivity contribution in [3.05, 3.63) is 23.9 Å². The van der Waals surface area contributed by atoms with Crippen molar-refractivity contribution in [3.8, 4) is 0 Å². The minimum absolute atomic E-state index is 0.416. The quantitative estimate of drug-likeness (QED) is 0.646. The molecular formula is C9H12N2O. The maximum absolute atomic E-state index is 5.44. The molecule has 0 fully saturated rings. The summed E-state index contributed by atoms with van der Waals surface area (Å²) < 4.78 is 4.82. The SMILES string of the molecule is Nc1cc(C2CC=CCC2)no1. The van der Waals surface area contributed by atoms with Gasteiger partial charge in [-0.05, 0) is 19.3 Å². The van der Waals surface area contributed by atoms with E-state index in [9.17, 15) is 0 Å². The normalized spacial score (nSPS) is 22.8. The van der Waals surface area contributed by atoms with E-state index >= 15 is 0 Å². The zero-order valence-corrected chi connectivity index (χ0v) is 6.86. The molecule has 1 aliphatic rings. The molecule has 2 N–H and O–H groups in total. The second-order valence-electron chi connectivity index (χ2n) is 3.14. The molecule has 0 spiro atoms. The highest BCUT2D eigenvalue weighted by molar-refractivity contribution is 5.27. The summed E-state index contributed by atoms with van der Waals surface area (Å²) in [5.74, 6) is 0.926. The molecule has 1 aliphatic carbocycles. The van der Waals surface area contributed by atoms with E-state index in [0.717, 1.165) is 25.0 Å². The van der Waals surface area contributed by atoms with Crippen LogP contribution in [-0.2, 0) is 0 Å². The van der Waals surface area contributed by atoms with Crippen molar-refractivity contribution in [2.45, 2.75) is 25.2 Å². The third kappa shape index (κ3) is 1.35. The van der Waals surface area contributed by atoms with Gasteiger partial charge in [-0.15, -0.1) is 0 Å². The van der Waals surface area contributed by atoms with Gasteiger partial charge in [0.25, 0.3) is 0 Å². The van der Waals surface area contributed by atoms with E-state index in [-0.39, 0.29) is 0 Å². The van der Waals surface area contributed by atoms with Crippen LogP contribution in [-0.4, -0.2) is 5.16 Å². The van der Waals surface area contributed by atoms with Crippen LogP contribution in [0.3, 0.4) is 0 Å².